The zero-order chi connectivity index (χ0) is 15.9. The lowest BCUT2D eigenvalue weighted by molar-refractivity contribution is -0.384. The topological polar surface area (TPSA) is 131 Å². The van der Waals surface area contributed by atoms with Crippen molar-refractivity contribution < 1.29 is 9.66 Å². The Morgan fingerprint density at radius 2 is 2.32 bits per heavy atom. The third kappa shape index (κ3) is 1.96. The predicted molar refractivity (Wildman–Crippen MR) is 75.7 cm³/mol. The number of nitro benzene ring substituents is 1. The monoisotopic (exact) mass is 297 g/mol. The van der Waals surface area contributed by atoms with Crippen molar-refractivity contribution >= 4 is 5.69 Å². The van der Waals surface area contributed by atoms with Gasteiger partial charge >= 0.3 is 0 Å². The van der Waals surface area contributed by atoms with Gasteiger partial charge < -0.3 is 10.5 Å². The van der Waals surface area contributed by atoms with Crippen molar-refractivity contribution in [2.45, 2.75) is 12.8 Å². The summed E-state index contributed by atoms with van der Waals surface area (Å²) in [6.45, 7) is 1.79. The predicted octanol–water partition coefficient (Wildman–Crippen LogP) is 1.84. The van der Waals surface area contributed by atoms with E-state index in [1.165, 1.54) is 12.1 Å². The molecule has 2 heterocycles. The van der Waals surface area contributed by atoms with Gasteiger partial charge in [0.1, 0.15) is 11.6 Å². The number of aromatic amines is 1. The summed E-state index contributed by atoms with van der Waals surface area (Å²) < 4.78 is 5.34. The van der Waals surface area contributed by atoms with Crippen LogP contribution in [0.25, 0.3) is 0 Å². The van der Waals surface area contributed by atoms with Crippen molar-refractivity contribution in [1.82, 2.24) is 10.2 Å². The van der Waals surface area contributed by atoms with Crippen LogP contribution in [-0.2, 0) is 0 Å². The molecule has 0 saturated heterocycles. The van der Waals surface area contributed by atoms with E-state index in [2.05, 4.69) is 10.2 Å². The minimum atomic E-state index is -0.549. The van der Waals surface area contributed by atoms with Crippen LogP contribution in [0.5, 0.6) is 5.88 Å². The maximum absolute atomic E-state index is 11.0. The molecule has 0 saturated carbocycles. The first-order valence-electron chi connectivity index (χ1n) is 6.39. The average Bonchev–Trinajstić information content (AvgIpc) is 2.86. The van der Waals surface area contributed by atoms with Crippen LogP contribution in [0, 0.1) is 28.4 Å². The highest BCUT2D eigenvalue weighted by Gasteiger charge is 2.34. The van der Waals surface area contributed by atoms with E-state index < -0.39 is 10.8 Å². The van der Waals surface area contributed by atoms with E-state index in [1.807, 2.05) is 6.07 Å². The van der Waals surface area contributed by atoms with E-state index in [1.54, 1.807) is 19.1 Å². The minimum absolute atomic E-state index is 0.0435. The van der Waals surface area contributed by atoms with E-state index in [9.17, 15) is 15.4 Å². The summed E-state index contributed by atoms with van der Waals surface area (Å²) in [5.41, 5.74) is 7.90. The van der Waals surface area contributed by atoms with Gasteiger partial charge in [-0.1, -0.05) is 12.1 Å². The Morgan fingerprint density at radius 3 is 3.00 bits per heavy atom. The fraction of sp³-hybridized carbons (Fsp3) is 0.143. The van der Waals surface area contributed by atoms with Gasteiger partial charge in [-0.05, 0) is 12.5 Å². The highest BCUT2D eigenvalue weighted by molar-refractivity contribution is 5.56. The number of nitrogens with one attached hydrogen (secondary N) is 1. The van der Waals surface area contributed by atoms with Crippen molar-refractivity contribution in [3.8, 4) is 11.9 Å². The fourth-order valence-electron chi connectivity index (χ4n) is 2.55. The first kappa shape index (κ1) is 13.6. The number of hydrogen-bond acceptors (Lipinski definition) is 6. The Bertz CT molecular complexity index is 846. The summed E-state index contributed by atoms with van der Waals surface area (Å²) in [5.74, 6) is -0.309. The number of ether oxygens (including phenoxy) is 1. The largest absolute Gasteiger partial charge is 0.420 e. The number of nitriles is 1. The van der Waals surface area contributed by atoms with Gasteiger partial charge in [-0.15, -0.1) is 5.10 Å². The molecule has 8 heteroatoms. The molecule has 1 aliphatic heterocycles. The molecule has 3 rings (SSSR count). The van der Waals surface area contributed by atoms with Crippen molar-refractivity contribution in [2.24, 2.45) is 5.73 Å². The molecule has 110 valence electrons. The van der Waals surface area contributed by atoms with Crippen molar-refractivity contribution in [3.63, 3.8) is 0 Å². The number of allylic oxidation sites excluding steroid dienone is 1. The fourth-order valence-corrected chi connectivity index (χ4v) is 2.55. The summed E-state index contributed by atoms with van der Waals surface area (Å²) in [4.78, 5) is 10.5. The number of hydrogen-bond donors (Lipinski definition) is 2. The smallest absolute Gasteiger partial charge is 0.269 e. The molecule has 1 aliphatic rings. The number of nitrogens with two attached hydrogens (primary N) is 1. The highest BCUT2D eigenvalue weighted by Crippen LogP contribution is 2.42. The molecule has 1 atom stereocenters. The lowest BCUT2D eigenvalue weighted by Gasteiger charge is -2.23. The molecule has 22 heavy (non-hydrogen) atoms. The van der Waals surface area contributed by atoms with Gasteiger partial charge in [0.15, 0.2) is 0 Å². The van der Waals surface area contributed by atoms with E-state index in [4.69, 9.17) is 10.5 Å². The van der Waals surface area contributed by atoms with Gasteiger partial charge in [0, 0.05) is 23.4 Å². The van der Waals surface area contributed by atoms with E-state index in [-0.39, 0.29) is 23.0 Å². The Balaban J connectivity index is 2.23. The summed E-state index contributed by atoms with van der Waals surface area (Å²) >= 11 is 0. The van der Waals surface area contributed by atoms with Crippen LogP contribution in [0.3, 0.4) is 0 Å². The van der Waals surface area contributed by atoms with E-state index in [0.717, 1.165) is 0 Å². The number of non-ortho nitro benzene ring substituents is 1. The second kappa shape index (κ2) is 4.89. The van der Waals surface area contributed by atoms with Crippen LogP contribution in [0.15, 0.2) is 35.7 Å². The lowest BCUT2D eigenvalue weighted by atomic mass is 9.84. The highest BCUT2D eigenvalue weighted by atomic mass is 16.6. The van der Waals surface area contributed by atoms with E-state index in [0.29, 0.717) is 16.8 Å². The molecule has 3 N–H and O–H groups in total. The number of rotatable bonds is 2. The van der Waals surface area contributed by atoms with Gasteiger partial charge in [-0.3, -0.25) is 15.2 Å². The average molecular weight is 297 g/mol. The summed E-state index contributed by atoms with van der Waals surface area (Å²) in [7, 11) is 0. The van der Waals surface area contributed by atoms with Gasteiger partial charge in [0.25, 0.3) is 5.69 Å². The number of fused-ring (bicyclic) bond motifs is 1. The zero-order valence-corrected chi connectivity index (χ0v) is 11.5. The molecule has 0 bridgehead atoms. The molecule has 8 nitrogen and oxygen atoms in total. The van der Waals surface area contributed by atoms with Crippen LogP contribution < -0.4 is 10.5 Å². The van der Waals surface area contributed by atoms with Crippen molar-refractivity contribution in [1.29, 1.82) is 5.26 Å². The lowest BCUT2D eigenvalue weighted by Crippen LogP contribution is -2.21. The molecule has 2 aromatic rings. The van der Waals surface area contributed by atoms with Crippen molar-refractivity contribution in [3.05, 3.63) is 62.7 Å². The molecule has 1 aromatic heterocycles. The molecule has 0 spiro atoms. The van der Waals surface area contributed by atoms with Crippen LogP contribution >= 0.6 is 0 Å². The first-order chi connectivity index (χ1) is 10.5. The maximum Gasteiger partial charge on any atom is 0.269 e. The normalized spacial score (nSPS) is 16.6. The Hall–Kier alpha value is -3.34. The quantitative estimate of drug-likeness (QED) is 0.642. The minimum Gasteiger partial charge on any atom is -0.420 e. The standard InChI is InChI=1S/C14H11N5O3/c1-7-11-12(8-3-2-4-9(5-8)19(20)21)10(6-15)13(16)22-14(11)18-17-7/h2-5,12H,16H2,1H3,(H,17,18)/t12-/m1/s1. The number of benzene rings is 1. The molecular weight excluding hydrogens is 286 g/mol. The zero-order valence-electron chi connectivity index (χ0n) is 11.5. The Kier molecular flexibility index (Phi) is 3.03. The number of aryl methyl sites for hydroxylation is 1. The third-order valence-corrected chi connectivity index (χ3v) is 3.54. The van der Waals surface area contributed by atoms with Gasteiger partial charge in [-0.25, -0.2) is 0 Å². The molecule has 0 unspecified atom stereocenters. The summed E-state index contributed by atoms with van der Waals surface area (Å²) in [6, 6.07) is 8.13. The maximum atomic E-state index is 11.0. The molecule has 1 aromatic carbocycles. The Morgan fingerprint density at radius 1 is 1.55 bits per heavy atom. The molecular formula is C14H11N5O3. The number of H-pyrrole nitrogens is 1. The second-order valence-corrected chi connectivity index (χ2v) is 4.84. The third-order valence-electron chi connectivity index (χ3n) is 3.54. The molecule has 0 amide bonds. The number of aromatic nitrogens is 2. The van der Waals surface area contributed by atoms with Gasteiger partial charge in [0.05, 0.1) is 10.8 Å². The Labute approximate surface area is 125 Å². The SMILES string of the molecule is Cc1[nH]nc2c1[C@H](c1cccc([N+](=O)[O-])c1)C(C#N)=C(N)O2. The first-order valence-corrected chi connectivity index (χ1v) is 6.39. The second-order valence-electron chi connectivity index (χ2n) is 4.84. The summed E-state index contributed by atoms with van der Waals surface area (Å²) in [5, 5.41) is 27.2. The summed E-state index contributed by atoms with van der Waals surface area (Å²) in [6.07, 6.45) is 0. The van der Waals surface area contributed by atoms with Gasteiger partial charge in [-0.2, -0.15) is 5.26 Å². The number of nitrogens with zero attached hydrogens (tertiary/aromatic N) is 3. The van der Waals surface area contributed by atoms with Crippen LogP contribution in [0.1, 0.15) is 22.7 Å². The van der Waals surface area contributed by atoms with E-state index >= 15 is 0 Å². The van der Waals surface area contributed by atoms with Crippen LogP contribution in [-0.4, -0.2) is 15.1 Å². The van der Waals surface area contributed by atoms with Crippen LogP contribution in [0.2, 0.25) is 0 Å². The van der Waals surface area contributed by atoms with Gasteiger partial charge in [0.2, 0.25) is 11.8 Å². The molecule has 0 fully saturated rings. The van der Waals surface area contributed by atoms with Crippen molar-refractivity contribution in [2.75, 3.05) is 0 Å². The van der Waals surface area contributed by atoms with Crippen LogP contribution in [0.4, 0.5) is 5.69 Å². The molecule has 0 radical (unpaired) electrons. The number of nitro groups is 1. The molecule has 0 aliphatic carbocycles.